The van der Waals surface area contributed by atoms with E-state index in [1.165, 1.54) is 24.3 Å². The topological polar surface area (TPSA) is 46.6 Å². The molecule has 0 N–H and O–H groups in total. The Morgan fingerprint density at radius 2 is 1.71 bits per heavy atom. The van der Waals surface area contributed by atoms with E-state index in [1.807, 2.05) is 0 Å². The smallest absolute Gasteiger partial charge is 0.330 e. The van der Waals surface area contributed by atoms with Gasteiger partial charge in [-0.2, -0.15) is 18.2 Å². The van der Waals surface area contributed by atoms with Crippen molar-refractivity contribution >= 4 is 11.9 Å². The predicted octanol–water partition coefficient (Wildman–Crippen LogP) is 1.78. The number of carbonyl (C=O) groups is 2. The number of alkyl halides is 3. The van der Waals surface area contributed by atoms with Gasteiger partial charge in [0, 0.05) is 12.6 Å². The van der Waals surface area contributed by atoms with Gasteiger partial charge < -0.3 is 4.84 Å². The van der Waals surface area contributed by atoms with Crippen molar-refractivity contribution in [1.29, 1.82) is 0 Å². The van der Waals surface area contributed by atoms with Crippen molar-refractivity contribution in [1.82, 2.24) is 5.06 Å². The van der Waals surface area contributed by atoms with Gasteiger partial charge in [-0.3, -0.25) is 4.79 Å². The molecule has 1 aromatic carbocycles. The van der Waals surface area contributed by atoms with E-state index in [1.54, 1.807) is 6.07 Å². The number of benzene rings is 1. The summed E-state index contributed by atoms with van der Waals surface area (Å²) in [7, 11) is 0.930. The molecule has 0 aliphatic carbocycles. The van der Waals surface area contributed by atoms with Gasteiger partial charge in [0.1, 0.15) is 0 Å². The fraction of sp³-hybridized carbons (Fsp3) is 0.200. The molecular weight excluding hydrogens is 239 g/mol. The molecule has 0 heterocycles. The van der Waals surface area contributed by atoms with E-state index in [0.29, 0.717) is 0 Å². The first-order chi connectivity index (χ1) is 7.82. The first kappa shape index (κ1) is 13.0. The zero-order chi connectivity index (χ0) is 13.1. The molecule has 0 radical (unpaired) electrons. The summed E-state index contributed by atoms with van der Waals surface area (Å²) in [4.78, 5) is 25.8. The average molecular weight is 247 g/mol. The van der Waals surface area contributed by atoms with Crippen LogP contribution in [0.5, 0.6) is 0 Å². The SMILES string of the molecule is CN(OC(=O)C(F)(F)F)C(=O)c1ccccc1. The van der Waals surface area contributed by atoms with Crippen LogP contribution in [0.15, 0.2) is 30.3 Å². The highest BCUT2D eigenvalue weighted by Gasteiger charge is 2.42. The first-order valence-corrected chi connectivity index (χ1v) is 4.44. The van der Waals surface area contributed by atoms with Crippen LogP contribution >= 0.6 is 0 Å². The van der Waals surface area contributed by atoms with Crippen LogP contribution in [0.1, 0.15) is 10.4 Å². The van der Waals surface area contributed by atoms with E-state index in [0.717, 1.165) is 7.05 Å². The van der Waals surface area contributed by atoms with Crippen molar-refractivity contribution in [3.05, 3.63) is 35.9 Å². The van der Waals surface area contributed by atoms with E-state index in [9.17, 15) is 22.8 Å². The lowest BCUT2D eigenvalue weighted by atomic mass is 10.2. The Morgan fingerprint density at radius 3 is 2.18 bits per heavy atom. The molecule has 0 aliphatic heterocycles. The van der Waals surface area contributed by atoms with Crippen LogP contribution < -0.4 is 0 Å². The van der Waals surface area contributed by atoms with Crippen molar-refractivity contribution in [2.24, 2.45) is 0 Å². The van der Waals surface area contributed by atoms with Gasteiger partial charge in [0.05, 0.1) is 0 Å². The highest BCUT2D eigenvalue weighted by atomic mass is 19.4. The van der Waals surface area contributed by atoms with Crippen LogP contribution in [0.3, 0.4) is 0 Å². The molecule has 0 bridgehead atoms. The molecule has 0 atom stereocenters. The molecule has 0 spiro atoms. The second-order valence-corrected chi connectivity index (χ2v) is 3.05. The zero-order valence-corrected chi connectivity index (χ0v) is 8.69. The summed E-state index contributed by atoms with van der Waals surface area (Å²) in [6, 6.07) is 7.48. The maximum Gasteiger partial charge on any atom is 0.493 e. The van der Waals surface area contributed by atoms with Crippen molar-refractivity contribution in [2.45, 2.75) is 6.18 Å². The van der Waals surface area contributed by atoms with Crippen LogP contribution in [0, 0.1) is 0 Å². The number of hydrogen-bond donors (Lipinski definition) is 0. The third kappa shape index (κ3) is 3.47. The molecule has 0 saturated carbocycles. The van der Waals surface area contributed by atoms with Gasteiger partial charge in [-0.25, -0.2) is 4.79 Å². The fourth-order valence-corrected chi connectivity index (χ4v) is 0.980. The van der Waals surface area contributed by atoms with Crippen LogP contribution in [0.25, 0.3) is 0 Å². The quantitative estimate of drug-likeness (QED) is 0.710. The van der Waals surface area contributed by atoms with Crippen molar-refractivity contribution in [3.8, 4) is 0 Å². The molecule has 4 nitrogen and oxygen atoms in total. The summed E-state index contributed by atoms with van der Waals surface area (Å²) >= 11 is 0. The molecule has 0 aromatic heterocycles. The summed E-state index contributed by atoms with van der Waals surface area (Å²) < 4.78 is 35.6. The largest absolute Gasteiger partial charge is 0.493 e. The van der Waals surface area contributed by atoms with Crippen molar-refractivity contribution in [2.75, 3.05) is 7.05 Å². The number of hydroxylamine groups is 2. The monoisotopic (exact) mass is 247 g/mol. The highest BCUT2D eigenvalue weighted by Crippen LogP contribution is 2.17. The third-order valence-electron chi connectivity index (χ3n) is 1.76. The van der Waals surface area contributed by atoms with Crippen LogP contribution in [-0.2, 0) is 9.63 Å². The molecule has 1 rings (SSSR count). The Labute approximate surface area is 94.5 Å². The maximum absolute atomic E-state index is 11.9. The lowest BCUT2D eigenvalue weighted by molar-refractivity contribution is -0.225. The molecule has 17 heavy (non-hydrogen) atoms. The Kier molecular flexibility index (Phi) is 3.72. The van der Waals surface area contributed by atoms with Gasteiger partial charge in [0.2, 0.25) is 0 Å². The summed E-state index contributed by atoms with van der Waals surface area (Å²) in [5.74, 6) is -3.28. The lowest BCUT2D eigenvalue weighted by Gasteiger charge is -2.16. The summed E-state index contributed by atoms with van der Waals surface area (Å²) in [6.45, 7) is 0. The van der Waals surface area contributed by atoms with Crippen LogP contribution in [-0.4, -0.2) is 30.2 Å². The first-order valence-electron chi connectivity index (χ1n) is 4.44. The second kappa shape index (κ2) is 4.86. The van der Waals surface area contributed by atoms with Crippen LogP contribution in [0.4, 0.5) is 13.2 Å². The van der Waals surface area contributed by atoms with Gasteiger partial charge in [-0.1, -0.05) is 18.2 Å². The number of halogens is 3. The van der Waals surface area contributed by atoms with Gasteiger partial charge in [0.15, 0.2) is 0 Å². The highest BCUT2D eigenvalue weighted by molar-refractivity contribution is 5.94. The standard InChI is InChI=1S/C10H8F3NO3/c1-14(17-9(16)10(11,12)13)8(15)7-5-3-2-4-6-7/h2-6H,1H3. The molecule has 0 saturated heterocycles. The Morgan fingerprint density at radius 1 is 1.18 bits per heavy atom. The Hall–Kier alpha value is -2.05. The molecule has 0 aliphatic rings. The molecule has 92 valence electrons. The minimum atomic E-state index is -5.13. The summed E-state index contributed by atoms with van der Waals surface area (Å²) in [5.41, 5.74) is 0.116. The van der Waals surface area contributed by atoms with E-state index in [-0.39, 0.29) is 10.6 Å². The summed E-state index contributed by atoms with van der Waals surface area (Å²) in [5, 5.41) is 0.241. The van der Waals surface area contributed by atoms with Gasteiger partial charge in [-0.15, -0.1) is 0 Å². The fourth-order valence-electron chi connectivity index (χ4n) is 0.980. The average Bonchev–Trinajstić information content (AvgIpc) is 2.27. The van der Waals surface area contributed by atoms with Gasteiger partial charge in [-0.05, 0) is 12.1 Å². The van der Waals surface area contributed by atoms with E-state index in [2.05, 4.69) is 4.84 Å². The number of rotatable bonds is 1. The van der Waals surface area contributed by atoms with Gasteiger partial charge >= 0.3 is 12.1 Å². The van der Waals surface area contributed by atoms with Crippen molar-refractivity contribution < 1.29 is 27.6 Å². The normalized spacial score (nSPS) is 10.8. The lowest BCUT2D eigenvalue weighted by Crippen LogP contribution is -2.36. The Bertz CT molecular complexity index is 417. The molecule has 1 amide bonds. The second-order valence-electron chi connectivity index (χ2n) is 3.05. The summed E-state index contributed by atoms with van der Waals surface area (Å²) in [6.07, 6.45) is -5.13. The number of hydrogen-bond acceptors (Lipinski definition) is 3. The van der Waals surface area contributed by atoms with Crippen LogP contribution in [0.2, 0.25) is 0 Å². The predicted molar refractivity (Wildman–Crippen MR) is 50.7 cm³/mol. The third-order valence-corrected chi connectivity index (χ3v) is 1.76. The van der Waals surface area contributed by atoms with Crippen molar-refractivity contribution in [3.63, 3.8) is 0 Å². The van der Waals surface area contributed by atoms with E-state index >= 15 is 0 Å². The maximum atomic E-state index is 11.9. The Balaban J connectivity index is 2.69. The molecule has 0 fully saturated rings. The molecular formula is C10H8F3NO3. The minimum absolute atomic E-state index is 0.116. The van der Waals surface area contributed by atoms with E-state index < -0.39 is 18.1 Å². The molecule has 1 aromatic rings. The molecule has 7 heteroatoms. The number of amides is 1. The van der Waals surface area contributed by atoms with E-state index in [4.69, 9.17) is 0 Å². The molecule has 0 unspecified atom stereocenters. The number of carbonyl (C=O) groups excluding carboxylic acids is 2. The zero-order valence-electron chi connectivity index (χ0n) is 8.69. The number of nitrogens with zero attached hydrogens (tertiary/aromatic N) is 1. The van der Waals surface area contributed by atoms with Gasteiger partial charge in [0.25, 0.3) is 5.91 Å². The minimum Gasteiger partial charge on any atom is -0.330 e.